The second-order valence-electron chi connectivity index (χ2n) is 4.09. The van der Waals surface area contributed by atoms with E-state index in [-0.39, 0.29) is 30.7 Å². The van der Waals surface area contributed by atoms with Crippen LogP contribution in [0.4, 0.5) is 0 Å². The Morgan fingerprint density at radius 2 is 2.28 bits per heavy atom. The topological polar surface area (TPSA) is 54.0 Å². The van der Waals surface area contributed by atoms with Crippen molar-refractivity contribution >= 4 is 42.1 Å². The molecule has 1 aliphatic rings. The number of hydrogen-bond acceptors (Lipinski definition) is 4. The fourth-order valence-electron chi connectivity index (χ4n) is 1.57. The fourth-order valence-corrected chi connectivity index (χ4v) is 2.32. The molecule has 0 spiro atoms. The second-order valence-corrected chi connectivity index (χ2v) is 5.03. The van der Waals surface area contributed by atoms with Gasteiger partial charge in [-0.3, -0.25) is 4.79 Å². The zero-order valence-corrected chi connectivity index (χ0v) is 12.7. The summed E-state index contributed by atoms with van der Waals surface area (Å²) in [7, 11) is 0. The Balaban J connectivity index is 0.00000144. The van der Waals surface area contributed by atoms with Gasteiger partial charge in [0.05, 0.1) is 17.1 Å². The molecule has 0 unspecified atom stereocenters. The van der Waals surface area contributed by atoms with Gasteiger partial charge in [-0.25, -0.2) is 4.98 Å². The van der Waals surface area contributed by atoms with Crippen LogP contribution in [-0.2, 0) is 17.6 Å². The van der Waals surface area contributed by atoms with Crippen LogP contribution in [0.5, 0.6) is 0 Å². The molecule has 2 heterocycles. The maximum atomic E-state index is 11.6. The number of aryl methyl sites for hydroxylation is 1. The third-order valence-electron chi connectivity index (χ3n) is 2.70. The zero-order chi connectivity index (χ0) is 11.4. The van der Waals surface area contributed by atoms with Crippen molar-refractivity contribution in [2.75, 3.05) is 19.6 Å². The van der Waals surface area contributed by atoms with Crippen LogP contribution in [0.15, 0.2) is 5.38 Å². The van der Waals surface area contributed by atoms with Gasteiger partial charge in [0.15, 0.2) is 0 Å². The Morgan fingerprint density at radius 1 is 1.56 bits per heavy atom. The molecule has 1 aliphatic heterocycles. The van der Waals surface area contributed by atoms with Crippen LogP contribution in [0.1, 0.15) is 17.6 Å². The molecule has 2 rings (SSSR count). The first-order valence-electron chi connectivity index (χ1n) is 5.68. The first-order valence-corrected chi connectivity index (χ1v) is 6.56. The summed E-state index contributed by atoms with van der Waals surface area (Å²) < 4.78 is 0. The summed E-state index contributed by atoms with van der Waals surface area (Å²) in [5.41, 5.74) is 0.895. The molecule has 0 aromatic carbocycles. The highest BCUT2D eigenvalue weighted by atomic mass is 35.5. The van der Waals surface area contributed by atoms with Gasteiger partial charge in [-0.05, 0) is 6.42 Å². The van der Waals surface area contributed by atoms with Gasteiger partial charge in [0.2, 0.25) is 5.91 Å². The van der Waals surface area contributed by atoms with Gasteiger partial charge in [0.1, 0.15) is 0 Å². The average Bonchev–Trinajstić information content (AvgIpc) is 2.63. The molecule has 104 valence electrons. The summed E-state index contributed by atoms with van der Waals surface area (Å²) in [6.07, 6.45) is 1.36. The van der Waals surface area contributed by atoms with Gasteiger partial charge in [0.25, 0.3) is 0 Å². The van der Waals surface area contributed by atoms with Crippen LogP contribution in [0.25, 0.3) is 0 Å². The van der Waals surface area contributed by atoms with E-state index in [9.17, 15) is 4.79 Å². The second kappa shape index (κ2) is 8.69. The fraction of sp³-hybridized carbons (Fsp3) is 0.636. The van der Waals surface area contributed by atoms with Gasteiger partial charge in [-0.1, -0.05) is 6.92 Å². The van der Waals surface area contributed by atoms with Crippen molar-refractivity contribution < 1.29 is 4.79 Å². The van der Waals surface area contributed by atoms with E-state index >= 15 is 0 Å². The Labute approximate surface area is 124 Å². The molecule has 0 radical (unpaired) electrons. The van der Waals surface area contributed by atoms with E-state index in [0.717, 1.165) is 36.8 Å². The molecule has 0 saturated carbocycles. The summed E-state index contributed by atoms with van der Waals surface area (Å²) in [4.78, 5) is 16.0. The molecule has 0 aliphatic carbocycles. The maximum Gasteiger partial charge on any atom is 0.226 e. The zero-order valence-electron chi connectivity index (χ0n) is 10.3. The molecular weight excluding hydrogens is 293 g/mol. The number of thiazole rings is 1. The lowest BCUT2D eigenvalue weighted by Gasteiger charge is -2.26. The normalized spacial score (nSPS) is 14.1. The average molecular weight is 312 g/mol. The highest BCUT2D eigenvalue weighted by molar-refractivity contribution is 7.09. The van der Waals surface area contributed by atoms with Crippen LogP contribution in [0.2, 0.25) is 0 Å². The maximum absolute atomic E-state index is 11.6. The van der Waals surface area contributed by atoms with Gasteiger partial charge >= 0.3 is 0 Å². The van der Waals surface area contributed by atoms with Gasteiger partial charge < -0.3 is 10.6 Å². The molecule has 1 aromatic heterocycles. The summed E-state index contributed by atoms with van der Waals surface area (Å²) in [5, 5.41) is 9.21. The van der Waals surface area contributed by atoms with Crippen LogP contribution >= 0.6 is 36.2 Å². The monoisotopic (exact) mass is 311 g/mol. The third kappa shape index (κ3) is 5.10. The lowest BCUT2D eigenvalue weighted by Crippen LogP contribution is -2.48. The molecule has 18 heavy (non-hydrogen) atoms. The van der Waals surface area contributed by atoms with Crippen molar-refractivity contribution in [3.63, 3.8) is 0 Å². The SMILES string of the molecule is CCc1nc(CC(=O)NCC2CNC2)cs1.Cl.Cl. The summed E-state index contributed by atoms with van der Waals surface area (Å²) >= 11 is 1.63. The highest BCUT2D eigenvalue weighted by Gasteiger charge is 2.17. The number of nitrogens with zero attached hydrogens (tertiary/aromatic N) is 1. The molecular formula is C11H19Cl2N3OS. The lowest BCUT2D eigenvalue weighted by molar-refractivity contribution is -0.120. The van der Waals surface area contributed by atoms with Crippen molar-refractivity contribution in [3.8, 4) is 0 Å². The Morgan fingerprint density at radius 3 is 2.78 bits per heavy atom. The van der Waals surface area contributed by atoms with Crippen molar-refractivity contribution in [2.45, 2.75) is 19.8 Å². The van der Waals surface area contributed by atoms with Crippen LogP contribution in [0.3, 0.4) is 0 Å². The number of hydrogen-bond donors (Lipinski definition) is 2. The van der Waals surface area contributed by atoms with Crippen molar-refractivity contribution in [1.29, 1.82) is 0 Å². The molecule has 7 heteroatoms. The van der Waals surface area contributed by atoms with Crippen LogP contribution in [0, 0.1) is 5.92 Å². The Bertz CT molecular complexity index is 369. The van der Waals surface area contributed by atoms with Gasteiger partial charge in [0, 0.05) is 30.9 Å². The molecule has 1 aromatic rings. The predicted molar refractivity (Wildman–Crippen MR) is 79.1 cm³/mol. The van der Waals surface area contributed by atoms with Crippen molar-refractivity contribution in [1.82, 2.24) is 15.6 Å². The standard InChI is InChI=1S/C11H17N3OS.2ClH/c1-2-11-14-9(7-16-11)3-10(15)13-6-8-4-12-5-8;;/h7-8,12H,2-6H2,1H3,(H,13,15);2*1H. The van der Waals surface area contributed by atoms with Crippen LogP contribution in [-0.4, -0.2) is 30.5 Å². The number of carbonyl (C=O) groups excluding carboxylic acids is 1. The summed E-state index contributed by atoms with van der Waals surface area (Å²) in [6.45, 7) is 4.91. The van der Waals surface area contributed by atoms with Crippen LogP contribution < -0.4 is 10.6 Å². The number of aromatic nitrogens is 1. The number of carbonyl (C=O) groups is 1. The number of nitrogens with one attached hydrogen (secondary N) is 2. The lowest BCUT2D eigenvalue weighted by atomic mass is 10.0. The number of halogens is 2. The van der Waals surface area contributed by atoms with E-state index in [2.05, 4.69) is 22.5 Å². The summed E-state index contributed by atoms with van der Waals surface area (Å²) in [6, 6.07) is 0. The minimum atomic E-state index is 0. The molecule has 4 nitrogen and oxygen atoms in total. The van der Waals surface area contributed by atoms with Crippen molar-refractivity contribution in [3.05, 3.63) is 16.1 Å². The molecule has 0 atom stereocenters. The Hall–Kier alpha value is -0.360. The van der Waals surface area contributed by atoms with E-state index in [1.54, 1.807) is 11.3 Å². The summed E-state index contributed by atoms with van der Waals surface area (Å²) in [5.74, 6) is 0.699. The highest BCUT2D eigenvalue weighted by Crippen LogP contribution is 2.10. The van der Waals surface area contributed by atoms with E-state index < -0.39 is 0 Å². The largest absolute Gasteiger partial charge is 0.355 e. The first-order chi connectivity index (χ1) is 7.78. The molecule has 1 amide bonds. The molecule has 2 N–H and O–H groups in total. The van der Waals surface area contributed by atoms with Gasteiger partial charge in [-0.2, -0.15) is 0 Å². The smallest absolute Gasteiger partial charge is 0.226 e. The third-order valence-corrected chi connectivity index (χ3v) is 3.74. The van der Waals surface area contributed by atoms with Gasteiger partial charge in [-0.15, -0.1) is 36.2 Å². The van der Waals surface area contributed by atoms with E-state index in [0.29, 0.717) is 12.3 Å². The van der Waals surface area contributed by atoms with Crippen molar-refractivity contribution in [2.24, 2.45) is 5.92 Å². The first kappa shape index (κ1) is 17.6. The quantitative estimate of drug-likeness (QED) is 0.865. The molecule has 1 saturated heterocycles. The van der Waals surface area contributed by atoms with E-state index in [1.807, 2.05) is 5.38 Å². The Kier molecular flexibility index (Phi) is 8.52. The number of amides is 1. The van der Waals surface area contributed by atoms with E-state index in [1.165, 1.54) is 0 Å². The minimum absolute atomic E-state index is 0. The molecule has 0 bridgehead atoms. The number of rotatable bonds is 5. The minimum Gasteiger partial charge on any atom is -0.355 e. The predicted octanol–water partition coefficient (Wildman–Crippen LogP) is 1.43. The molecule has 1 fully saturated rings. The van der Waals surface area contributed by atoms with E-state index in [4.69, 9.17) is 0 Å².